The number of carboxylic acid groups (broad SMARTS) is 1. The van der Waals surface area contributed by atoms with Crippen LogP contribution in [0.5, 0.6) is 0 Å². The lowest BCUT2D eigenvalue weighted by atomic mass is 9.86. The van der Waals surface area contributed by atoms with Gasteiger partial charge in [-0.1, -0.05) is 12.1 Å². The number of ether oxygens (including phenoxy) is 1. The number of carboxylic acids is 1. The smallest absolute Gasteiger partial charge is 0.306 e. The number of nitrogens with zero attached hydrogens (tertiary/aromatic N) is 3. The van der Waals surface area contributed by atoms with E-state index in [2.05, 4.69) is 20.2 Å². The molecule has 29 heavy (non-hydrogen) atoms. The van der Waals surface area contributed by atoms with Gasteiger partial charge in [0.2, 0.25) is 5.95 Å². The second-order valence-corrected chi connectivity index (χ2v) is 7.57. The Bertz CT molecular complexity index is 865. The molecule has 1 saturated heterocycles. The maximum absolute atomic E-state index is 14.5. The van der Waals surface area contributed by atoms with E-state index in [1.54, 1.807) is 0 Å². The van der Waals surface area contributed by atoms with Gasteiger partial charge < -0.3 is 20.1 Å². The molecule has 2 aromatic rings. The van der Waals surface area contributed by atoms with Gasteiger partial charge >= 0.3 is 5.97 Å². The van der Waals surface area contributed by atoms with Gasteiger partial charge in [-0.15, -0.1) is 0 Å². The molecule has 2 fully saturated rings. The fourth-order valence-electron chi connectivity index (χ4n) is 3.98. The molecule has 1 aromatic carbocycles. The second-order valence-electron chi connectivity index (χ2n) is 7.57. The monoisotopic (exact) mass is 400 g/mol. The number of aliphatic carboxylic acids is 1. The normalized spacial score (nSPS) is 22.3. The van der Waals surface area contributed by atoms with Crippen molar-refractivity contribution in [2.24, 2.45) is 5.92 Å². The lowest BCUT2D eigenvalue weighted by molar-refractivity contribution is -0.142. The molecular formula is C21H25FN4O3. The van der Waals surface area contributed by atoms with Gasteiger partial charge in [-0.3, -0.25) is 4.79 Å². The number of aromatic nitrogens is 2. The lowest BCUT2D eigenvalue weighted by Crippen LogP contribution is -2.36. The Morgan fingerprint density at radius 3 is 2.69 bits per heavy atom. The van der Waals surface area contributed by atoms with Crippen LogP contribution in [0.25, 0.3) is 11.3 Å². The molecule has 2 N–H and O–H groups in total. The number of hydrogen-bond acceptors (Lipinski definition) is 6. The van der Waals surface area contributed by atoms with Crippen LogP contribution in [0.3, 0.4) is 0 Å². The molecule has 1 aliphatic heterocycles. The van der Waals surface area contributed by atoms with Crippen LogP contribution >= 0.6 is 0 Å². The quantitative estimate of drug-likeness (QED) is 0.797. The molecule has 2 heterocycles. The molecule has 0 unspecified atom stereocenters. The largest absolute Gasteiger partial charge is 0.481 e. The van der Waals surface area contributed by atoms with E-state index >= 15 is 0 Å². The van der Waals surface area contributed by atoms with Crippen molar-refractivity contribution in [1.29, 1.82) is 0 Å². The first-order chi connectivity index (χ1) is 14.1. The molecule has 0 atom stereocenters. The molecule has 154 valence electrons. The fourth-order valence-corrected chi connectivity index (χ4v) is 3.98. The Kier molecular flexibility index (Phi) is 5.89. The molecule has 1 aromatic heterocycles. The van der Waals surface area contributed by atoms with Gasteiger partial charge in [0.15, 0.2) is 5.82 Å². The second kappa shape index (κ2) is 8.73. The predicted molar refractivity (Wildman–Crippen MR) is 107 cm³/mol. The molecule has 0 radical (unpaired) electrons. The Morgan fingerprint density at radius 2 is 1.97 bits per heavy atom. The molecule has 1 saturated carbocycles. The van der Waals surface area contributed by atoms with Gasteiger partial charge in [0, 0.05) is 30.4 Å². The van der Waals surface area contributed by atoms with E-state index < -0.39 is 11.8 Å². The summed E-state index contributed by atoms with van der Waals surface area (Å²) < 4.78 is 19.9. The van der Waals surface area contributed by atoms with E-state index in [4.69, 9.17) is 9.84 Å². The van der Waals surface area contributed by atoms with Crippen LogP contribution in [0.2, 0.25) is 0 Å². The summed E-state index contributed by atoms with van der Waals surface area (Å²) in [6.07, 6.45) is 3.92. The van der Waals surface area contributed by atoms with Crippen molar-refractivity contribution in [1.82, 2.24) is 9.97 Å². The van der Waals surface area contributed by atoms with Crippen LogP contribution in [-0.4, -0.2) is 53.4 Å². The van der Waals surface area contributed by atoms with Gasteiger partial charge in [-0.2, -0.15) is 0 Å². The highest BCUT2D eigenvalue weighted by Crippen LogP contribution is 2.29. The minimum absolute atomic E-state index is 0.101. The number of benzene rings is 1. The SMILES string of the molecule is O=C(O)C1CCC(Nc2ncc(F)c(-c3cccc(N4CCOCC4)c3)n2)CC1. The van der Waals surface area contributed by atoms with Gasteiger partial charge in [0.25, 0.3) is 0 Å². The number of morpholine rings is 1. The van der Waals surface area contributed by atoms with Gasteiger partial charge in [0.05, 0.1) is 25.3 Å². The number of hydrogen-bond donors (Lipinski definition) is 2. The summed E-state index contributed by atoms with van der Waals surface area (Å²) in [6.45, 7) is 2.98. The number of carbonyl (C=O) groups is 1. The van der Waals surface area contributed by atoms with Crippen LogP contribution < -0.4 is 10.2 Å². The maximum Gasteiger partial charge on any atom is 0.306 e. The molecule has 2 aliphatic rings. The third kappa shape index (κ3) is 4.64. The summed E-state index contributed by atoms with van der Waals surface area (Å²) in [4.78, 5) is 21.8. The Hall–Kier alpha value is -2.74. The third-order valence-electron chi connectivity index (χ3n) is 5.65. The maximum atomic E-state index is 14.5. The van der Waals surface area contributed by atoms with Crippen molar-refractivity contribution in [3.63, 3.8) is 0 Å². The predicted octanol–water partition coefficient (Wildman–Crippen LogP) is 3.17. The molecule has 0 bridgehead atoms. The molecule has 0 spiro atoms. The van der Waals surface area contributed by atoms with Gasteiger partial charge in [-0.25, -0.2) is 14.4 Å². The van der Waals surface area contributed by atoms with E-state index in [9.17, 15) is 9.18 Å². The molecule has 1 aliphatic carbocycles. The van der Waals surface area contributed by atoms with E-state index in [-0.39, 0.29) is 17.7 Å². The topological polar surface area (TPSA) is 87.6 Å². The molecule has 0 amide bonds. The third-order valence-corrected chi connectivity index (χ3v) is 5.65. The summed E-state index contributed by atoms with van der Waals surface area (Å²) >= 11 is 0. The van der Waals surface area contributed by atoms with Crippen molar-refractivity contribution in [3.8, 4) is 11.3 Å². The summed E-state index contributed by atoms with van der Waals surface area (Å²) in [6, 6.07) is 7.80. The summed E-state index contributed by atoms with van der Waals surface area (Å²) in [5.74, 6) is -1.11. The Balaban J connectivity index is 1.49. The molecular weight excluding hydrogens is 375 g/mol. The van der Waals surface area contributed by atoms with Crippen LogP contribution in [-0.2, 0) is 9.53 Å². The standard InChI is InChI=1S/C21H25FN4O3/c22-18-13-23-21(24-16-6-4-14(5-7-16)20(27)28)25-19(18)15-2-1-3-17(12-15)26-8-10-29-11-9-26/h1-3,12-14,16H,4-11H2,(H,27,28)(H,23,24,25). The average Bonchev–Trinajstić information content (AvgIpc) is 2.76. The van der Waals surface area contributed by atoms with E-state index in [0.717, 1.165) is 31.6 Å². The number of anilines is 2. The molecule has 7 nitrogen and oxygen atoms in total. The zero-order chi connectivity index (χ0) is 20.2. The van der Waals surface area contributed by atoms with Crippen molar-refractivity contribution < 1.29 is 19.0 Å². The van der Waals surface area contributed by atoms with Crippen LogP contribution in [0.4, 0.5) is 16.0 Å². The minimum Gasteiger partial charge on any atom is -0.481 e. The average molecular weight is 400 g/mol. The molecule has 4 rings (SSSR count). The lowest BCUT2D eigenvalue weighted by Gasteiger charge is -2.29. The van der Waals surface area contributed by atoms with Crippen molar-refractivity contribution in [2.75, 3.05) is 36.5 Å². The number of halogens is 1. The summed E-state index contributed by atoms with van der Waals surface area (Å²) in [7, 11) is 0. The van der Waals surface area contributed by atoms with Crippen molar-refractivity contribution in [2.45, 2.75) is 31.7 Å². The Labute approximate surface area is 168 Å². The number of nitrogens with one attached hydrogen (secondary N) is 1. The Morgan fingerprint density at radius 1 is 1.21 bits per heavy atom. The van der Waals surface area contributed by atoms with E-state index in [1.165, 1.54) is 6.20 Å². The first-order valence-corrected chi connectivity index (χ1v) is 10.0. The van der Waals surface area contributed by atoms with Gasteiger partial charge in [-0.05, 0) is 37.8 Å². The minimum atomic E-state index is -0.732. The highest BCUT2D eigenvalue weighted by atomic mass is 19.1. The van der Waals surface area contributed by atoms with Crippen LogP contribution in [0.1, 0.15) is 25.7 Å². The highest BCUT2D eigenvalue weighted by Gasteiger charge is 2.26. The highest BCUT2D eigenvalue weighted by molar-refractivity contribution is 5.70. The first-order valence-electron chi connectivity index (χ1n) is 10.0. The van der Waals surface area contributed by atoms with Crippen molar-refractivity contribution in [3.05, 3.63) is 36.3 Å². The van der Waals surface area contributed by atoms with E-state index in [0.29, 0.717) is 37.6 Å². The number of rotatable bonds is 5. The van der Waals surface area contributed by atoms with Gasteiger partial charge in [0.1, 0.15) is 5.69 Å². The summed E-state index contributed by atoms with van der Waals surface area (Å²) in [5.41, 5.74) is 1.98. The van der Waals surface area contributed by atoms with Crippen molar-refractivity contribution >= 4 is 17.6 Å². The molecule has 8 heteroatoms. The van der Waals surface area contributed by atoms with Crippen LogP contribution in [0.15, 0.2) is 30.5 Å². The summed E-state index contributed by atoms with van der Waals surface area (Å²) in [5, 5.41) is 12.4. The zero-order valence-electron chi connectivity index (χ0n) is 16.2. The van der Waals surface area contributed by atoms with E-state index in [1.807, 2.05) is 24.3 Å². The zero-order valence-corrected chi connectivity index (χ0v) is 16.2. The fraction of sp³-hybridized carbons (Fsp3) is 0.476. The van der Waals surface area contributed by atoms with Crippen LogP contribution in [0, 0.1) is 11.7 Å². The first kappa shape index (κ1) is 19.6.